The monoisotopic (exact) mass is 276 g/mol. The summed E-state index contributed by atoms with van der Waals surface area (Å²) in [6.45, 7) is 0. The highest BCUT2D eigenvalue weighted by Gasteiger charge is 2.09. The topological polar surface area (TPSA) is 155 Å². The minimum absolute atomic E-state index is 0.0645. The zero-order chi connectivity index (χ0) is 14.9. The van der Waals surface area contributed by atoms with Crippen LogP contribution in [0.4, 0.5) is 11.4 Å². The maximum absolute atomic E-state index is 11.3. The van der Waals surface area contributed by atoms with Gasteiger partial charge in [0.1, 0.15) is 0 Å². The maximum atomic E-state index is 11.3. The minimum atomic E-state index is -0.289. The van der Waals surface area contributed by atoms with Gasteiger partial charge >= 0.3 is 5.69 Å². The second-order valence-electron chi connectivity index (χ2n) is 4.37. The molecule has 1 heterocycles. The van der Waals surface area contributed by atoms with Crippen LogP contribution in [0.3, 0.4) is 0 Å². The lowest BCUT2D eigenvalue weighted by Crippen LogP contribution is -2.26. The van der Waals surface area contributed by atoms with Gasteiger partial charge in [0.25, 0.3) is 0 Å². The molecule has 0 amide bonds. The number of nitrogens with zero attached hydrogens (tertiary/aromatic N) is 3. The number of H-pyrrole nitrogens is 2. The highest BCUT2D eigenvalue weighted by Crippen LogP contribution is 2.30. The van der Waals surface area contributed by atoms with Gasteiger partial charge in [-0.15, -0.1) is 0 Å². The summed E-state index contributed by atoms with van der Waals surface area (Å²) in [5.41, 5.74) is 18.4. The molecule has 0 radical (unpaired) electrons. The van der Waals surface area contributed by atoms with Crippen molar-refractivity contribution in [3.8, 4) is 0 Å². The Morgan fingerprint density at radius 2 is 1.75 bits per heavy atom. The van der Waals surface area contributed by atoms with E-state index >= 15 is 0 Å². The van der Waals surface area contributed by atoms with Crippen molar-refractivity contribution >= 4 is 34.3 Å². The van der Waals surface area contributed by atoms with E-state index in [1.807, 2.05) is 19.0 Å². The lowest BCUT2D eigenvalue weighted by Gasteiger charge is -2.15. The van der Waals surface area contributed by atoms with E-state index in [0.29, 0.717) is 16.7 Å². The average molecular weight is 276 g/mol. The number of imidazole rings is 1. The Morgan fingerprint density at radius 3 is 2.30 bits per heavy atom. The Kier molecular flexibility index (Phi) is 3.34. The Hall–Kier alpha value is -2.97. The SMILES string of the molecule is CN(C)c1cc2[nH]c(=O)[nH]c2cc1N=C(N)N=C(N)N. The molecule has 0 spiro atoms. The van der Waals surface area contributed by atoms with Gasteiger partial charge < -0.3 is 32.1 Å². The zero-order valence-corrected chi connectivity index (χ0v) is 11.1. The van der Waals surface area contributed by atoms with Crippen molar-refractivity contribution < 1.29 is 0 Å². The minimum Gasteiger partial charge on any atom is -0.376 e. The Balaban J connectivity index is 2.63. The number of hydrogen-bond acceptors (Lipinski definition) is 3. The number of hydrogen-bond donors (Lipinski definition) is 5. The molecule has 9 nitrogen and oxygen atoms in total. The number of nitrogens with one attached hydrogen (secondary N) is 2. The van der Waals surface area contributed by atoms with Gasteiger partial charge in [-0.1, -0.05) is 0 Å². The molecule has 2 rings (SSSR count). The molecule has 0 atom stereocenters. The number of nitrogens with two attached hydrogens (primary N) is 3. The molecule has 0 bridgehead atoms. The summed E-state index contributed by atoms with van der Waals surface area (Å²) in [6.07, 6.45) is 0. The molecule has 1 aromatic carbocycles. The number of aromatic amines is 2. The summed E-state index contributed by atoms with van der Waals surface area (Å²) in [6, 6.07) is 3.48. The van der Waals surface area contributed by atoms with Gasteiger partial charge in [-0.25, -0.2) is 9.79 Å². The fraction of sp³-hybridized carbons (Fsp3) is 0.182. The van der Waals surface area contributed by atoms with Crippen LogP contribution >= 0.6 is 0 Å². The van der Waals surface area contributed by atoms with E-state index in [2.05, 4.69) is 20.0 Å². The molecule has 0 unspecified atom stereocenters. The molecule has 8 N–H and O–H groups in total. The first-order valence-electron chi connectivity index (χ1n) is 5.74. The van der Waals surface area contributed by atoms with Gasteiger partial charge in [0.05, 0.1) is 22.4 Å². The number of fused-ring (bicyclic) bond motifs is 1. The molecule has 106 valence electrons. The standard InChI is InChI=1S/C11H16N8O/c1-19(2)8-4-6-5(16-11(20)17-6)3-7(8)15-10(14)18-9(12)13/h3-4H,1-2H3,(H2,16,17,20)(H6,12,13,14,15,18). The molecule has 0 fully saturated rings. The molecule has 9 heteroatoms. The van der Waals surface area contributed by atoms with Crippen LogP contribution in [-0.4, -0.2) is 36.0 Å². The van der Waals surface area contributed by atoms with Gasteiger partial charge in [0.2, 0.25) is 5.96 Å². The lowest BCUT2D eigenvalue weighted by atomic mass is 10.2. The van der Waals surface area contributed by atoms with E-state index in [0.717, 1.165) is 5.69 Å². The predicted octanol–water partition coefficient (Wildman–Crippen LogP) is -0.858. The third-order valence-corrected chi connectivity index (χ3v) is 2.57. The normalized spacial score (nSPS) is 11.6. The van der Waals surface area contributed by atoms with Crippen LogP contribution in [0.15, 0.2) is 26.9 Å². The van der Waals surface area contributed by atoms with Crippen molar-refractivity contribution in [3.05, 3.63) is 22.6 Å². The third kappa shape index (κ3) is 2.71. The van der Waals surface area contributed by atoms with E-state index in [9.17, 15) is 4.79 Å². The van der Waals surface area contributed by atoms with Crippen LogP contribution in [0.25, 0.3) is 11.0 Å². The van der Waals surface area contributed by atoms with Crippen LogP contribution in [-0.2, 0) is 0 Å². The third-order valence-electron chi connectivity index (χ3n) is 2.57. The van der Waals surface area contributed by atoms with Gasteiger partial charge in [-0.3, -0.25) is 0 Å². The van der Waals surface area contributed by atoms with Crippen molar-refractivity contribution in [3.63, 3.8) is 0 Å². The summed E-state index contributed by atoms with van der Waals surface area (Å²) < 4.78 is 0. The summed E-state index contributed by atoms with van der Waals surface area (Å²) in [5.74, 6) is -0.237. The second kappa shape index (κ2) is 4.96. The molecule has 0 saturated heterocycles. The molecule has 0 aliphatic carbocycles. The fourth-order valence-electron chi connectivity index (χ4n) is 1.79. The lowest BCUT2D eigenvalue weighted by molar-refractivity contribution is 1.13. The first-order chi connectivity index (χ1) is 9.36. The summed E-state index contributed by atoms with van der Waals surface area (Å²) in [5, 5.41) is 0. The Bertz CT molecular complexity index is 747. The Labute approximate surface area is 114 Å². The first-order valence-corrected chi connectivity index (χ1v) is 5.74. The molecule has 20 heavy (non-hydrogen) atoms. The number of guanidine groups is 2. The molecule has 2 aromatic rings. The molecule has 0 aliphatic heterocycles. The smallest absolute Gasteiger partial charge is 0.323 e. The van der Waals surface area contributed by atoms with E-state index in [1.165, 1.54) is 0 Å². The van der Waals surface area contributed by atoms with Crippen molar-refractivity contribution in [1.29, 1.82) is 0 Å². The quantitative estimate of drug-likeness (QED) is 0.356. The number of rotatable bonds is 2. The van der Waals surface area contributed by atoms with Crippen LogP contribution < -0.4 is 27.8 Å². The molecule has 1 aromatic heterocycles. The van der Waals surface area contributed by atoms with Gasteiger partial charge in [-0.2, -0.15) is 4.99 Å². The van der Waals surface area contributed by atoms with Crippen molar-refractivity contribution in [1.82, 2.24) is 9.97 Å². The summed E-state index contributed by atoms with van der Waals surface area (Å²) in [4.78, 5) is 26.3. The average Bonchev–Trinajstić information content (AvgIpc) is 2.65. The van der Waals surface area contributed by atoms with Gasteiger partial charge in [0, 0.05) is 14.1 Å². The number of aliphatic imine (C=N–C) groups is 2. The zero-order valence-electron chi connectivity index (χ0n) is 11.1. The largest absolute Gasteiger partial charge is 0.376 e. The van der Waals surface area contributed by atoms with E-state index in [-0.39, 0.29) is 17.6 Å². The number of aromatic nitrogens is 2. The number of benzene rings is 1. The first kappa shape index (κ1) is 13.5. The summed E-state index contributed by atoms with van der Waals surface area (Å²) >= 11 is 0. The van der Waals surface area contributed by atoms with Crippen LogP contribution in [0.2, 0.25) is 0 Å². The Morgan fingerprint density at radius 1 is 1.15 bits per heavy atom. The van der Waals surface area contributed by atoms with Crippen LogP contribution in [0, 0.1) is 0 Å². The fourth-order valence-corrected chi connectivity index (χ4v) is 1.79. The second-order valence-corrected chi connectivity index (χ2v) is 4.37. The van der Waals surface area contributed by atoms with E-state index in [4.69, 9.17) is 17.2 Å². The number of anilines is 1. The molecular weight excluding hydrogens is 260 g/mol. The van der Waals surface area contributed by atoms with E-state index < -0.39 is 0 Å². The molecular formula is C11H16N8O. The van der Waals surface area contributed by atoms with Crippen LogP contribution in [0.5, 0.6) is 0 Å². The van der Waals surface area contributed by atoms with E-state index in [1.54, 1.807) is 12.1 Å². The molecule has 0 aliphatic rings. The van der Waals surface area contributed by atoms with Crippen molar-refractivity contribution in [2.75, 3.05) is 19.0 Å². The van der Waals surface area contributed by atoms with Crippen molar-refractivity contribution in [2.24, 2.45) is 27.2 Å². The van der Waals surface area contributed by atoms with Gasteiger partial charge in [-0.05, 0) is 12.1 Å². The molecule has 0 saturated carbocycles. The predicted molar refractivity (Wildman–Crippen MR) is 80.3 cm³/mol. The van der Waals surface area contributed by atoms with Crippen molar-refractivity contribution in [2.45, 2.75) is 0 Å². The van der Waals surface area contributed by atoms with Crippen LogP contribution in [0.1, 0.15) is 0 Å². The highest BCUT2D eigenvalue weighted by atomic mass is 16.1. The summed E-state index contributed by atoms with van der Waals surface area (Å²) in [7, 11) is 3.70. The van der Waals surface area contributed by atoms with Gasteiger partial charge in [0.15, 0.2) is 5.96 Å². The highest BCUT2D eigenvalue weighted by molar-refractivity contribution is 5.96. The maximum Gasteiger partial charge on any atom is 0.323 e.